The normalized spacial score (nSPS) is 24.9. The fourth-order valence-corrected chi connectivity index (χ4v) is 3.37. The maximum atomic E-state index is 11.8. The molecule has 3 rings (SSSR count). The molecule has 1 fully saturated rings. The summed E-state index contributed by atoms with van der Waals surface area (Å²) < 4.78 is 5.53. The number of likely N-dealkylation sites (tertiary alicyclic amines) is 1. The number of amides is 1. The van der Waals surface area contributed by atoms with Crippen molar-refractivity contribution in [1.29, 1.82) is 0 Å². The number of aliphatic hydroxyl groups excluding tert-OH is 1. The first-order valence-corrected chi connectivity index (χ1v) is 7.10. The number of para-hydroxylation sites is 1. The van der Waals surface area contributed by atoms with Crippen LogP contribution in [0.15, 0.2) is 35.3 Å². The average Bonchev–Trinajstić information content (AvgIpc) is 2.85. The number of carboxylic acids is 1. The summed E-state index contributed by atoms with van der Waals surface area (Å²) in [4.78, 5) is 27.6. The number of aliphatic carboxylic acids is 1. The van der Waals surface area contributed by atoms with E-state index in [-0.39, 0.29) is 6.61 Å². The molecule has 2 aliphatic heterocycles. The molecule has 1 amide bonds. The zero-order valence-electron chi connectivity index (χ0n) is 10.7. The van der Waals surface area contributed by atoms with Gasteiger partial charge in [0.25, 0.3) is 5.91 Å². The summed E-state index contributed by atoms with van der Waals surface area (Å²) in [7, 11) is 0. The third-order valence-electron chi connectivity index (χ3n) is 3.18. The Morgan fingerprint density at radius 1 is 1.43 bits per heavy atom. The number of hydrogen-bond acceptors (Lipinski definition) is 6. The Labute approximate surface area is 124 Å². The smallest absolute Gasteiger partial charge is 0.354 e. The molecule has 0 aliphatic carbocycles. The maximum absolute atomic E-state index is 11.8. The van der Waals surface area contributed by atoms with Crippen LogP contribution in [0.25, 0.3) is 0 Å². The van der Waals surface area contributed by atoms with Crippen molar-refractivity contribution in [2.24, 2.45) is 4.99 Å². The van der Waals surface area contributed by atoms with Crippen LogP contribution in [0.1, 0.15) is 0 Å². The topological polar surface area (TPSA) is 99.4 Å². The van der Waals surface area contributed by atoms with Gasteiger partial charge in [-0.3, -0.25) is 14.7 Å². The lowest BCUT2D eigenvalue weighted by atomic mass is 10.1. The Bertz CT molecular complexity index is 606. The van der Waals surface area contributed by atoms with Gasteiger partial charge in [0.15, 0.2) is 6.04 Å². The van der Waals surface area contributed by atoms with E-state index in [1.54, 1.807) is 12.1 Å². The van der Waals surface area contributed by atoms with Crippen LogP contribution in [0.3, 0.4) is 0 Å². The van der Waals surface area contributed by atoms with Crippen molar-refractivity contribution in [3.8, 4) is 5.75 Å². The Hall–Kier alpha value is -2.06. The van der Waals surface area contributed by atoms with Crippen molar-refractivity contribution >= 4 is 28.7 Å². The van der Waals surface area contributed by atoms with Crippen LogP contribution in [0.4, 0.5) is 0 Å². The number of carbonyl (C=O) groups excluding carboxylic acids is 1. The molecule has 110 valence electrons. The highest BCUT2D eigenvalue weighted by atomic mass is 32.2. The molecule has 2 aliphatic rings. The predicted octanol–water partition coefficient (Wildman–Crippen LogP) is 0.151. The minimum atomic E-state index is -1.82. The number of β-lactam (4-membered cyclic amide) rings is 1. The molecule has 7 nitrogen and oxygen atoms in total. The number of aliphatic imine (C=N–C) groups is 1. The van der Waals surface area contributed by atoms with Crippen LogP contribution in [0.5, 0.6) is 5.75 Å². The predicted molar refractivity (Wildman–Crippen MR) is 75.0 cm³/mol. The van der Waals surface area contributed by atoms with Gasteiger partial charge in [0.05, 0.1) is 0 Å². The van der Waals surface area contributed by atoms with Gasteiger partial charge in [0.2, 0.25) is 6.23 Å². The second kappa shape index (κ2) is 5.38. The van der Waals surface area contributed by atoms with Crippen LogP contribution in [-0.2, 0) is 9.59 Å². The minimum Gasteiger partial charge on any atom is -0.487 e. The van der Waals surface area contributed by atoms with E-state index in [1.807, 2.05) is 18.2 Å². The molecular formula is C13H12N2O5S. The molecule has 1 saturated heterocycles. The number of thioether (sulfide) groups is 1. The van der Waals surface area contributed by atoms with Crippen LogP contribution >= 0.6 is 11.8 Å². The molecule has 1 aromatic carbocycles. The van der Waals surface area contributed by atoms with E-state index in [2.05, 4.69) is 4.99 Å². The summed E-state index contributed by atoms with van der Waals surface area (Å²) in [5.41, 5.74) is 0. The van der Waals surface area contributed by atoms with E-state index in [0.29, 0.717) is 10.8 Å². The summed E-state index contributed by atoms with van der Waals surface area (Å²) in [6.45, 7) is 0.214. The van der Waals surface area contributed by atoms with Crippen molar-refractivity contribution in [2.75, 3.05) is 6.61 Å². The third-order valence-corrected chi connectivity index (χ3v) is 4.40. The van der Waals surface area contributed by atoms with Gasteiger partial charge < -0.3 is 14.9 Å². The molecule has 0 bridgehead atoms. The molecule has 0 unspecified atom stereocenters. The number of rotatable bonds is 5. The number of hydrogen-bond donors (Lipinski definition) is 2. The molecule has 8 heteroatoms. The molecule has 21 heavy (non-hydrogen) atoms. The fraction of sp³-hybridized carbons (Fsp3) is 0.308. The largest absolute Gasteiger partial charge is 0.487 e. The average molecular weight is 308 g/mol. The first-order valence-electron chi connectivity index (χ1n) is 6.22. The number of nitrogens with zero attached hydrogens (tertiary/aromatic N) is 2. The lowest BCUT2D eigenvalue weighted by Crippen LogP contribution is -2.66. The molecule has 0 spiro atoms. The van der Waals surface area contributed by atoms with Gasteiger partial charge in [-0.05, 0) is 12.1 Å². The number of ether oxygens (including phenoxy) is 1. The number of fused-ring (bicyclic) bond motifs is 1. The van der Waals surface area contributed by atoms with Crippen molar-refractivity contribution in [3.63, 3.8) is 0 Å². The van der Waals surface area contributed by atoms with E-state index >= 15 is 0 Å². The van der Waals surface area contributed by atoms with Crippen LogP contribution in [0, 0.1) is 0 Å². The lowest BCUT2D eigenvalue weighted by Gasteiger charge is -2.42. The molecule has 0 radical (unpaired) electrons. The Morgan fingerprint density at radius 3 is 2.81 bits per heavy atom. The Kier molecular flexibility index (Phi) is 3.56. The highest BCUT2D eigenvalue weighted by molar-refractivity contribution is 8.15. The second-order valence-corrected chi connectivity index (χ2v) is 5.73. The SMILES string of the molecule is O=C(O)[C@H](O)N1C(=O)[C@H]2N=C(COc3ccccc3)S[C@H]21. The van der Waals surface area contributed by atoms with E-state index in [4.69, 9.17) is 9.84 Å². The molecule has 1 aromatic rings. The van der Waals surface area contributed by atoms with Crippen molar-refractivity contribution in [2.45, 2.75) is 17.6 Å². The van der Waals surface area contributed by atoms with E-state index in [1.165, 1.54) is 11.8 Å². The summed E-state index contributed by atoms with van der Waals surface area (Å²) in [5, 5.41) is 18.4. The van der Waals surface area contributed by atoms with Crippen molar-refractivity contribution < 1.29 is 24.5 Å². The Balaban J connectivity index is 1.60. The molecule has 3 atom stereocenters. The Morgan fingerprint density at radius 2 is 2.14 bits per heavy atom. The standard InChI is InChI=1S/C13H12N2O5S/c16-10-9-12(15(10)11(17)13(18)19)21-8(14-9)6-20-7-4-2-1-3-5-7/h1-5,9,11-12,17H,6H2,(H,18,19)/t9-,11+,12-/m1/s1. The molecule has 2 N–H and O–H groups in total. The molecule has 0 aromatic heterocycles. The minimum absolute atomic E-state index is 0.214. The van der Waals surface area contributed by atoms with Crippen LogP contribution in [-0.4, -0.2) is 56.3 Å². The zero-order chi connectivity index (χ0) is 15.0. The first-order chi connectivity index (χ1) is 10.1. The van der Waals surface area contributed by atoms with Crippen LogP contribution in [0.2, 0.25) is 0 Å². The van der Waals surface area contributed by atoms with E-state index in [9.17, 15) is 14.7 Å². The number of benzene rings is 1. The van der Waals surface area contributed by atoms with Crippen molar-refractivity contribution in [3.05, 3.63) is 30.3 Å². The highest BCUT2D eigenvalue weighted by Crippen LogP contribution is 2.40. The fourth-order valence-electron chi connectivity index (χ4n) is 2.15. The lowest BCUT2D eigenvalue weighted by molar-refractivity contribution is -0.176. The monoisotopic (exact) mass is 308 g/mol. The second-order valence-electron chi connectivity index (χ2n) is 4.54. The van der Waals surface area contributed by atoms with Gasteiger partial charge in [-0.25, -0.2) is 4.79 Å². The van der Waals surface area contributed by atoms with Gasteiger partial charge in [0.1, 0.15) is 22.8 Å². The summed E-state index contributed by atoms with van der Waals surface area (Å²) in [6, 6.07) is 8.56. The van der Waals surface area contributed by atoms with Gasteiger partial charge in [-0.15, -0.1) is 0 Å². The quantitative estimate of drug-likeness (QED) is 0.751. The van der Waals surface area contributed by atoms with Gasteiger partial charge >= 0.3 is 5.97 Å². The number of aliphatic hydroxyl groups is 1. The first kappa shape index (κ1) is 13.9. The zero-order valence-corrected chi connectivity index (χ0v) is 11.6. The molecule has 2 heterocycles. The van der Waals surface area contributed by atoms with E-state index in [0.717, 1.165) is 4.90 Å². The van der Waals surface area contributed by atoms with Gasteiger partial charge in [0, 0.05) is 0 Å². The third kappa shape index (κ3) is 2.47. The molecule has 0 saturated carbocycles. The van der Waals surface area contributed by atoms with Crippen LogP contribution < -0.4 is 4.74 Å². The van der Waals surface area contributed by atoms with Gasteiger partial charge in [-0.2, -0.15) is 0 Å². The maximum Gasteiger partial charge on any atom is 0.354 e. The number of carbonyl (C=O) groups is 2. The highest BCUT2D eigenvalue weighted by Gasteiger charge is 2.56. The summed E-state index contributed by atoms with van der Waals surface area (Å²) >= 11 is 1.24. The molecular weight excluding hydrogens is 296 g/mol. The van der Waals surface area contributed by atoms with E-state index < -0.39 is 29.5 Å². The van der Waals surface area contributed by atoms with Gasteiger partial charge in [-0.1, -0.05) is 30.0 Å². The number of carboxylic acid groups (broad SMARTS) is 1. The summed E-state index contributed by atoms with van der Waals surface area (Å²) in [6.07, 6.45) is -1.82. The van der Waals surface area contributed by atoms with Crippen molar-refractivity contribution in [1.82, 2.24) is 4.90 Å². The summed E-state index contributed by atoms with van der Waals surface area (Å²) in [5.74, 6) is -1.23.